The zero-order valence-corrected chi connectivity index (χ0v) is 30.7. The molecule has 0 aliphatic carbocycles. The summed E-state index contributed by atoms with van der Waals surface area (Å²) in [7, 11) is 9.67. The van der Waals surface area contributed by atoms with Gasteiger partial charge in [-0.3, -0.25) is 0 Å². The van der Waals surface area contributed by atoms with Crippen molar-refractivity contribution in [3.05, 3.63) is 66.3 Å². The first-order valence-corrected chi connectivity index (χ1v) is 20.7. The molecule has 39 heavy (non-hydrogen) atoms. The molecule has 0 spiro atoms. The minimum atomic E-state index is -0.226. The Kier molecular flexibility index (Phi) is 25.3. The topological polar surface area (TPSA) is 51.6 Å². The Balaban J connectivity index is 0.000000477. The molecule has 4 nitrogen and oxygen atoms in total. The van der Waals surface area contributed by atoms with Crippen LogP contribution in [0.5, 0.6) is 0 Å². The Morgan fingerprint density at radius 2 is 0.667 bits per heavy atom. The van der Waals surface area contributed by atoms with Crippen LogP contribution in [0.1, 0.15) is 75.4 Å². The van der Waals surface area contributed by atoms with Gasteiger partial charge in [-0.25, -0.2) is 19.9 Å². The van der Waals surface area contributed by atoms with Gasteiger partial charge in [0.05, 0.1) is 20.0 Å². The van der Waals surface area contributed by atoms with Gasteiger partial charge < -0.3 is 0 Å². The Morgan fingerprint density at radius 1 is 0.487 bits per heavy atom. The Bertz CT molecular complexity index is 816. The van der Waals surface area contributed by atoms with Gasteiger partial charge in [0.25, 0.3) is 0 Å². The molecule has 0 fully saturated rings. The maximum atomic E-state index is 4.83. The third kappa shape index (κ3) is 25.2. The first-order valence-electron chi connectivity index (χ1n) is 12.9. The zero-order valence-electron chi connectivity index (χ0n) is 24.3. The van der Waals surface area contributed by atoms with E-state index in [9.17, 15) is 0 Å². The van der Waals surface area contributed by atoms with E-state index in [1.807, 2.05) is 46.3 Å². The Hall–Kier alpha value is -0.277. The van der Waals surface area contributed by atoms with E-state index in [0.717, 1.165) is 49.4 Å². The van der Waals surface area contributed by atoms with E-state index in [2.05, 4.69) is 75.3 Å². The number of rotatable bonds is 8. The second kappa shape index (κ2) is 25.4. The molecule has 0 saturated heterocycles. The molecule has 0 unspecified atom stereocenters. The number of hydrogen-bond acceptors (Lipinski definition) is 8. The summed E-state index contributed by atoms with van der Waals surface area (Å²) in [6, 6.07) is 0. The molecule has 4 heterocycles. The fourth-order valence-electron chi connectivity index (χ4n) is 2.81. The van der Waals surface area contributed by atoms with Crippen molar-refractivity contribution in [3.63, 3.8) is 0 Å². The molecule has 0 radical (unpaired) electrons. The normalized spacial score (nSPS) is 10.3. The molecule has 0 aliphatic heterocycles. The van der Waals surface area contributed by atoms with Crippen molar-refractivity contribution < 1.29 is 15.1 Å². The molecule has 11 heteroatoms. The molecule has 223 valence electrons. The monoisotopic (exact) mass is 737 g/mol. The van der Waals surface area contributed by atoms with Crippen LogP contribution >= 0.6 is 64.7 Å². The predicted octanol–water partition coefficient (Wildman–Crippen LogP) is 10.7. The van der Waals surface area contributed by atoms with Crippen molar-refractivity contribution in [2.45, 2.75) is 81.1 Å². The van der Waals surface area contributed by atoms with Crippen LogP contribution in [-0.2, 0) is 40.8 Å². The third-order valence-electron chi connectivity index (χ3n) is 4.27. The number of thiazole rings is 4. The van der Waals surface area contributed by atoms with Crippen LogP contribution in [0.2, 0.25) is 0 Å². The molecular weight excluding hydrogens is 694 g/mol. The first-order chi connectivity index (χ1) is 18.6. The van der Waals surface area contributed by atoms with Crippen molar-refractivity contribution in [1.82, 2.24) is 19.9 Å². The van der Waals surface area contributed by atoms with Crippen LogP contribution < -0.4 is 0 Å². The summed E-state index contributed by atoms with van der Waals surface area (Å²) in [4.78, 5) is 16.7. The van der Waals surface area contributed by atoms with E-state index in [0.29, 0.717) is 0 Å². The summed E-state index contributed by atoms with van der Waals surface area (Å²) >= 11 is 6.74. The van der Waals surface area contributed by atoms with E-state index >= 15 is 0 Å². The molecular formula is C28H44Cl2N4RhS4. The summed E-state index contributed by atoms with van der Waals surface area (Å²) in [6.07, 6.45) is 11.9. The molecule has 0 N–H and O–H groups in total. The second-order valence-electron chi connectivity index (χ2n) is 10.1. The molecule has 4 aromatic rings. The number of halogens is 2. The average Bonchev–Trinajstić information content (AvgIpc) is 3.64. The van der Waals surface area contributed by atoms with Gasteiger partial charge in [-0.15, -0.1) is 45.3 Å². The minimum absolute atomic E-state index is 0.226. The van der Waals surface area contributed by atoms with E-state index in [1.165, 1.54) is 20.0 Å². The number of aromatic nitrogens is 4. The summed E-state index contributed by atoms with van der Waals surface area (Å²) < 4.78 is 0. The van der Waals surface area contributed by atoms with Crippen molar-refractivity contribution in [2.75, 3.05) is 0 Å². The molecule has 4 aromatic heterocycles. The second-order valence-corrected chi connectivity index (χ2v) is 16.5. The standard InChI is InChI=1S/4C7H11NS.2ClH.Rh/c4*1-6(2)5-7-8-3-4-9-7;;;/h4*3-4,6H,5H2,1-2H3;2*1H;/q;;;;;;+2/p-2. The van der Waals surface area contributed by atoms with Gasteiger partial charge in [-0.2, -0.15) is 0 Å². The number of hydrogen-bond donors (Lipinski definition) is 0. The Morgan fingerprint density at radius 3 is 0.769 bits per heavy atom. The summed E-state index contributed by atoms with van der Waals surface area (Å²) in [6.45, 7) is 17.7. The van der Waals surface area contributed by atoms with Crippen LogP contribution in [-0.4, -0.2) is 19.9 Å². The van der Waals surface area contributed by atoms with Gasteiger partial charge in [0.1, 0.15) is 0 Å². The first kappa shape index (κ1) is 38.7. The molecule has 0 bridgehead atoms. The fourth-order valence-corrected chi connectivity index (χ4v) is 6.13. The summed E-state index contributed by atoms with van der Waals surface area (Å²) in [5.74, 6) is 2.93. The molecule has 0 aromatic carbocycles. The van der Waals surface area contributed by atoms with Crippen LogP contribution in [0.25, 0.3) is 0 Å². The third-order valence-corrected chi connectivity index (χ3v) is 7.47. The maximum absolute atomic E-state index is 4.83. The SMILES string of the molecule is CC(C)Cc1nccs1.CC(C)Cc1nccs1.CC(C)Cc1nccs1.CC(C)Cc1nccs1.[Cl][Rh][Cl]. The van der Waals surface area contributed by atoms with Crippen LogP contribution in [0.3, 0.4) is 0 Å². The molecule has 0 amide bonds. The Labute approximate surface area is 268 Å². The van der Waals surface area contributed by atoms with Crippen LogP contribution in [0.15, 0.2) is 46.3 Å². The van der Waals surface area contributed by atoms with Gasteiger partial charge >= 0.3 is 34.5 Å². The molecule has 0 saturated carbocycles. The summed E-state index contributed by atoms with van der Waals surface area (Å²) in [5, 5.41) is 13.1. The number of nitrogens with zero attached hydrogens (tertiary/aromatic N) is 4. The van der Waals surface area contributed by atoms with E-state index in [4.69, 9.17) is 19.4 Å². The van der Waals surface area contributed by atoms with E-state index in [1.54, 1.807) is 45.3 Å². The summed E-state index contributed by atoms with van der Waals surface area (Å²) in [5.41, 5.74) is 0. The van der Waals surface area contributed by atoms with Crippen molar-refractivity contribution in [3.8, 4) is 0 Å². The van der Waals surface area contributed by atoms with Gasteiger partial charge in [-0.1, -0.05) is 55.4 Å². The van der Waals surface area contributed by atoms with Crippen LogP contribution in [0, 0.1) is 23.7 Å². The molecule has 0 atom stereocenters. The van der Waals surface area contributed by atoms with Gasteiger partial charge in [0, 0.05) is 72.0 Å². The molecule has 4 rings (SSSR count). The van der Waals surface area contributed by atoms with Crippen molar-refractivity contribution in [1.29, 1.82) is 0 Å². The van der Waals surface area contributed by atoms with Crippen molar-refractivity contribution >= 4 is 64.7 Å². The average molecular weight is 739 g/mol. The molecule has 0 aliphatic rings. The van der Waals surface area contributed by atoms with Gasteiger partial charge in [-0.05, 0) is 23.7 Å². The van der Waals surface area contributed by atoms with Gasteiger partial charge in [0.15, 0.2) is 0 Å². The van der Waals surface area contributed by atoms with E-state index in [-0.39, 0.29) is 15.1 Å². The zero-order chi connectivity index (χ0) is 29.5. The van der Waals surface area contributed by atoms with Gasteiger partial charge in [0.2, 0.25) is 0 Å². The van der Waals surface area contributed by atoms with Crippen LogP contribution in [0.4, 0.5) is 0 Å². The van der Waals surface area contributed by atoms with E-state index < -0.39 is 0 Å². The fraction of sp³-hybridized carbons (Fsp3) is 0.571. The van der Waals surface area contributed by atoms with Crippen molar-refractivity contribution in [2.24, 2.45) is 23.7 Å². The predicted molar refractivity (Wildman–Crippen MR) is 174 cm³/mol. The quantitative estimate of drug-likeness (QED) is 0.169.